The molecule has 1 fully saturated rings. The van der Waals surface area contributed by atoms with E-state index in [1.54, 1.807) is 54.6 Å². The van der Waals surface area contributed by atoms with Crippen LogP contribution in [0.2, 0.25) is 0 Å². The van der Waals surface area contributed by atoms with Crippen molar-refractivity contribution in [2.75, 3.05) is 18.4 Å². The fourth-order valence-corrected chi connectivity index (χ4v) is 4.19. The smallest absolute Gasteiger partial charge is 0.265 e. The third-order valence-electron chi connectivity index (χ3n) is 4.75. The highest BCUT2D eigenvalue weighted by Crippen LogP contribution is 2.30. The summed E-state index contributed by atoms with van der Waals surface area (Å²) in [5, 5.41) is 2.83. The maximum Gasteiger partial charge on any atom is 0.265 e. The Hall–Kier alpha value is -2.99. The number of rotatable bonds is 4. The van der Waals surface area contributed by atoms with Gasteiger partial charge in [0.05, 0.1) is 4.88 Å². The third-order valence-corrected chi connectivity index (χ3v) is 5.87. The van der Waals surface area contributed by atoms with Crippen LogP contribution < -0.4 is 5.32 Å². The number of nitrogens with zero attached hydrogens (tertiary/aromatic N) is 1. The van der Waals surface area contributed by atoms with E-state index in [0.717, 1.165) is 25.9 Å². The van der Waals surface area contributed by atoms with E-state index in [1.807, 2.05) is 4.90 Å². The van der Waals surface area contributed by atoms with Crippen molar-refractivity contribution in [2.45, 2.75) is 12.8 Å². The molecular weight excluding hydrogens is 375 g/mol. The van der Waals surface area contributed by atoms with Gasteiger partial charge in [-0.25, -0.2) is 4.39 Å². The Bertz CT molecular complexity index is 1010. The van der Waals surface area contributed by atoms with Gasteiger partial charge in [0.2, 0.25) is 0 Å². The van der Waals surface area contributed by atoms with Crippen molar-refractivity contribution in [2.24, 2.45) is 0 Å². The largest absolute Gasteiger partial charge is 0.339 e. The first-order valence-electron chi connectivity index (χ1n) is 9.17. The Balaban J connectivity index is 1.44. The van der Waals surface area contributed by atoms with Crippen LogP contribution >= 0.6 is 11.3 Å². The quantitative estimate of drug-likeness (QED) is 0.674. The lowest BCUT2D eigenvalue weighted by molar-refractivity contribution is 0.0792. The summed E-state index contributed by atoms with van der Waals surface area (Å²) < 4.78 is 13.9. The number of nitrogens with one attached hydrogen (secondary N) is 1. The average Bonchev–Trinajstić information content (AvgIpc) is 3.41. The number of thiophene rings is 1. The molecule has 4 nitrogen and oxygen atoms in total. The van der Waals surface area contributed by atoms with Crippen molar-refractivity contribution in [1.29, 1.82) is 0 Å². The first-order valence-corrected chi connectivity index (χ1v) is 9.99. The highest BCUT2D eigenvalue weighted by molar-refractivity contribution is 7.17. The van der Waals surface area contributed by atoms with Crippen LogP contribution in [0.15, 0.2) is 60.7 Å². The fourth-order valence-electron chi connectivity index (χ4n) is 3.26. The van der Waals surface area contributed by atoms with Crippen LogP contribution in [0, 0.1) is 5.82 Å². The zero-order valence-electron chi connectivity index (χ0n) is 15.2. The molecule has 1 N–H and O–H groups in total. The van der Waals surface area contributed by atoms with Crippen LogP contribution in [-0.4, -0.2) is 29.8 Å². The van der Waals surface area contributed by atoms with E-state index in [9.17, 15) is 14.0 Å². The van der Waals surface area contributed by atoms with Crippen LogP contribution in [0.5, 0.6) is 0 Å². The molecule has 1 aromatic heterocycles. The molecule has 1 saturated heterocycles. The summed E-state index contributed by atoms with van der Waals surface area (Å²) >= 11 is 1.24. The molecule has 1 aliphatic rings. The summed E-state index contributed by atoms with van der Waals surface area (Å²) in [6.07, 6.45) is 2.10. The second-order valence-corrected chi connectivity index (χ2v) is 7.76. The van der Waals surface area contributed by atoms with Gasteiger partial charge in [0.1, 0.15) is 5.82 Å². The predicted octanol–water partition coefficient (Wildman–Crippen LogP) is 5.04. The average molecular weight is 394 g/mol. The third kappa shape index (κ3) is 3.82. The molecule has 0 radical (unpaired) electrons. The van der Waals surface area contributed by atoms with Crippen molar-refractivity contribution < 1.29 is 14.0 Å². The summed E-state index contributed by atoms with van der Waals surface area (Å²) in [5.41, 5.74) is 1.72. The molecular formula is C22H19FN2O2S. The van der Waals surface area contributed by atoms with E-state index in [2.05, 4.69) is 5.32 Å². The number of benzene rings is 2. The van der Waals surface area contributed by atoms with Gasteiger partial charge in [-0.15, -0.1) is 11.3 Å². The zero-order valence-corrected chi connectivity index (χ0v) is 16.0. The molecule has 6 heteroatoms. The lowest BCUT2D eigenvalue weighted by Gasteiger charge is -2.15. The van der Waals surface area contributed by atoms with Gasteiger partial charge in [0, 0.05) is 34.8 Å². The Morgan fingerprint density at radius 2 is 1.64 bits per heavy atom. The minimum absolute atomic E-state index is 0.0307. The Labute approximate surface area is 166 Å². The number of carbonyl (C=O) groups is 2. The Morgan fingerprint density at radius 1 is 0.929 bits per heavy atom. The Morgan fingerprint density at radius 3 is 2.36 bits per heavy atom. The van der Waals surface area contributed by atoms with Crippen molar-refractivity contribution in [1.82, 2.24) is 4.90 Å². The van der Waals surface area contributed by atoms with Gasteiger partial charge < -0.3 is 10.2 Å². The fraction of sp³-hybridized carbons (Fsp3) is 0.182. The number of halogens is 1. The maximum atomic E-state index is 13.9. The molecule has 28 heavy (non-hydrogen) atoms. The number of hydrogen-bond acceptors (Lipinski definition) is 3. The van der Waals surface area contributed by atoms with Crippen molar-refractivity contribution in [3.8, 4) is 10.4 Å². The SMILES string of the molecule is O=C(Nc1ccc(C(=O)N2CCCC2)cc1)c1ccc(-c2ccccc2F)s1. The standard InChI is InChI=1S/C22H19FN2O2S/c23-18-6-2-1-5-17(18)19-11-12-20(28-19)21(26)24-16-9-7-15(8-10-16)22(27)25-13-3-4-14-25/h1-2,5-12H,3-4,13-14H2,(H,24,26). The monoisotopic (exact) mass is 394 g/mol. The number of anilines is 1. The molecule has 2 heterocycles. The summed E-state index contributed by atoms with van der Waals surface area (Å²) in [5.74, 6) is -0.538. The van der Waals surface area contributed by atoms with Gasteiger partial charge in [0.25, 0.3) is 11.8 Å². The van der Waals surface area contributed by atoms with E-state index in [-0.39, 0.29) is 17.6 Å². The van der Waals surface area contributed by atoms with Crippen molar-refractivity contribution in [3.63, 3.8) is 0 Å². The molecule has 0 atom stereocenters. The second-order valence-electron chi connectivity index (χ2n) is 6.67. The number of likely N-dealkylation sites (tertiary alicyclic amines) is 1. The van der Waals surface area contributed by atoms with Crippen molar-refractivity contribution in [3.05, 3.63) is 76.9 Å². The normalized spacial score (nSPS) is 13.5. The van der Waals surface area contributed by atoms with Crippen LogP contribution in [-0.2, 0) is 0 Å². The number of amides is 2. The van der Waals surface area contributed by atoms with Gasteiger partial charge in [0.15, 0.2) is 0 Å². The van der Waals surface area contributed by atoms with E-state index in [0.29, 0.717) is 26.6 Å². The highest BCUT2D eigenvalue weighted by atomic mass is 32.1. The predicted molar refractivity (Wildman–Crippen MR) is 109 cm³/mol. The molecule has 0 bridgehead atoms. The van der Waals surface area contributed by atoms with Crippen LogP contribution in [0.25, 0.3) is 10.4 Å². The van der Waals surface area contributed by atoms with Gasteiger partial charge >= 0.3 is 0 Å². The molecule has 0 unspecified atom stereocenters. The van der Waals surface area contributed by atoms with E-state index < -0.39 is 0 Å². The minimum Gasteiger partial charge on any atom is -0.339 e. The van der Waals surface area contributed by atoms with E-state index in [1.165, 1.54) is 17.4 Å². The first kappa shape index (κ1) is 18.4. The van der Waals surface area contributed by atoms with Crippen molar-refractivity contribution >= 4 is 28.8 Å². The molecule has 2 amide bonds. The Kier molecular flexibility index (Phi) is 5.21. The van der Waals surface area contributed by atoms with E-state index >= 15 is 0 Å². The lowest BCUT2D eigenvalue weighted by atomic mass is 10.2. The van der Waals surface area contributed by atoms with Gasteiger partial charge in [-0.05, 0) is 55.3 Å². The maximum absolute atomic E-state index is 13.9. The molecule has 3 aromatic rings. The van der Waals surface area contributed by atoms with Crippen LogP contribution in [0.1, 0.15) is 32.9 Å². The molecule has 0 aliphatic carbocycles. The minimum atomic E-state index is -0.311. The van der Waals surface area contributed by atoms with Gasteiger partial charge in [-0.1, -0.05) is 18.2 Å². The topological polar surface area (TPSA) is 49.4 Å². The molecule has 0 saturated carbocycles. The van der Waals surface area contributed by atoms with Crippen LogP contribution in [0.4, 0.5) is 10.1 Å². The zero-order chi connectivity index (χ0) is 19.5. The number of carbonyl (C=O) groups excluding carboxylic acids is 2. The molecule has 2 aromatic carbocycles. The van der Waals surface area contributed by atoms with Gasteiger partial charge in [-0.2, -0.15) is 0 Å². The number of hydrogen-bond donors (Lipinski definition) is 1. The summed E-state index contributed by atoms with van der Waals surface area (Å²) in [7, 11) is 0. The molecule has 0 spiro atoms. The van der Waals surface area contributed by atoms with Gasteiger partial charge in [-0.3, -0.25) is 9.59 Å². The molecule has 4 rings (SSSR count). The first-order chi connectivity index (χ1) is 13.6. The lowest BCUT2D eigenvalue weighted by Crippen LogP contribution is -2.27. The summed E-state index contributed by atoms with van der Waals surface area (Å²) in [4.78, 5) is 27.9. The summed E-state index contributed by atoms with van der Waals surface area (Å²) in [6.45, 7) is 1.61. The molecule has 142 valence electrons. The second kappa shape index (κ2) is 7.94. The highest BCUT2D eigenvalue weighted by Gasteiger charge is 2.19. The van der Waals surface area contributed by atoms with E-state index in [4.69, 9.17) is 0 Å². The summed E-state index contributed by atoms with van der Waals surface area (Å²) in [6, 6.07) is 16.9. The molecule has 1 aliphatic heterocycles. The van der Waals surface area contributed by atoms with Crippen LogP contribution in [0.3, 0.4) is 0 Å².